The second-order valence-corrected chi connectivity index (χ2v) is 5.66. The summed E-state index contributed by atoms with van der Waals surface area (Å²) in [6, 6.07) is 7.84. The molecule has 4 nitrogen and oxygen atoms in total. The van der Waals surface area contributed by atoms with Crippen molar-refractivity contribution >= 4 is 6.03 Å². The molecular weight excluding hydrogens is 240 g/mol. The van der Waals surface area contributed by atoms with Crippen LogP contribution in [0.5, 0.6) is 0 Å². The monoisotopic (exact) mass is 264 g/mol. The van der Waals surface area contributed by atoms with Crippen LogP contribution in [-0.4, -0.2) is 30.3 Å². The van der Waals surface area contributed by atoms with Gasteiger partial charge in [0.05, 0.1) is 12.6 Å². The molecule has 1 aromatic rings. The lowest BCUT2D eigenvalue weighted by molar-refractivity contribution is 0.218. The molecule has 1 atom stereocenters. The van der Waals surface area contributed by atoms with Crippen LogP contribution in [0.25, 0.3) is 0 Å². The molecular formula is C15H24N2O2. The van der Waals surface area contributed by atoms with Gasteiger partial charge in [-0.05, 0) is 19.4 Å². The van der Waals surface area contributed by atoms with Crippen LogP contribution in [0.4, 0.5) is 4.79 Å². The fourth-order valence-corrected chi connectivity index (χ4v) is 1.73. The Labute approximate surface area is 115 Å². The Morgan fingerprint density at radius 2 is 1.89 bits per heavy atom. The Bertz CT molecular complexity index is 413. The van der Waals surface area contributed by atoms with Gasteiger partial charge in [-0.2, -0.15) is 0 Å². The minimum atomic E-state index is -0.248. The quantitative estimate of drug-likeness (QED) is 0.761. The summed E-state index contributed by atoms with van der Waals surface area (Å²) in [6.45, 7) is 8.47. The Morgan fingerprint density at radius 3 is 2.42 bits per heavy atom. The molecule has 0 aliphatic carbocycles. The molecule has 0 spiro atoms. The lowest BCUT2D eigenvalue weighted by Crippen LogP contribution is -2.46. The number of amides is 2. The first-order valence-electron chi connectivity index (χ1n) is 6.57. The van der Waals surface area contributed by atoms with Gasteiger partial charge in [-0.1, -0.05) is 43.7 Å². The SMILES string of the molecule is Cc1ccc(C(C)(C)CNC(=O)N[C@@H](C)CO)cc1. The normalized spacial score (nSPS) is 12.9. The molecule has 0 unspecified atom stereocenters. The second-order valence-electron chi connectivity index (χ2n) is 5.66. The van der Waals surface area contributed by atoms with Crippen LogP contribution in [0.1, 0.15) is 31.9 Å². The van der Waals surface area contributed by atoms with Crippen molar-refractivity contribution in [3.8, 4) is 0 Å². The highest BCUT2D eigenvalue weighted by atomic mass is 16.3. The van der Waals surface area contributed by atoms with E-state index in [1.54, 1.807) is 6.92 Å². The summed E-state index contributed by atoms with van der Waals surface area (Å²) in [5.41, 5.74) is 2.28. The van der Waals surface area contributed by atoms with Crippen molar-refractivity contribution in [1.82, 2.24) is 10.6 Å². The van der Waals surface area contributed by atoms with Gasteiger partial charge < -0.3 is 15.7 Å². The van der Waals surface area contributed by atoms with Crippen LogP contribution in [-0.2, 0) is 5.41 Å². The van der Waals surface area contributed by atoms with Crippen molar-refractivity contribution < 1.29 is 9.90 Å². The number of rotatable bonds is 5. The number of nitrogens with one attached hydrogen (secondary N) is 2. The first-order chi connectivity index (χ1) is 8.85. The number of urea groups is 1. The molecule has 4 heteroatoms. The standard InChI is InChI=1S/C15H24N2O2/c1-11-5-7-13(8-6-11)15(3,4)10-16-14(19)17-12(2)9-18/h5-8,12,18H,9-10H2,1-4H3,(H2,16,17,19)/t12-/m0/s1. The molecule has 3 N–H and O–H groups in total. The van der Waals surface area contributed by atoms with Crippen molar-refractivity contribution in [2.24, 2.45) is 0 Å². The maximum Gasteiger partial charge on any atom is 0.315 e. The first-order valence-corrected chi connectivity index (χ1v) is 6.57. The van der Waals surface area contributed by atoms with E-state index < -0.39 is 0 Å². The lowest BCUT2D eigenvalue weighted by Gasteiger charge is -2.26. The second kappa shape index (κ2) is 6.57. The number of aliphatic hydroxyl groups is 1. The van der Waals surface area contributed by atoms with Crippen molar-refractivity contribution in [3.05, 3.63) is 35.4 Å². The Hall–Kier alpha value is -1.55. The molecule has 0 fully saturated rings. The molecule has 0 bridgehead atoms. The molecule has 19 heavy (non-hydrogen) atoms. The summed E-state index contributed by atoms with van der Waals surface area (Å²) in [7, 11) is 0. The lowest BCUT2D eigenvalue weighted by atomic mass is 9.84. The molecule has 1 aromatic carbocycles. The highest BCUT2D eigenvalue weighted by Crippen LogP contribution is 2.22. The number of aryl methyl sites for hydroxylation is 1. The van der Waals surface area contributed by atoms with E-state index in [-0.39, 0.29) is 24.1 Å². The van der Waals surface area contributed by atoms with Gasteiger partial charge in [0, 0.05) is 12.0 Å². The molecule has 106 valence electrons. The van der Waals surface area contributed by atoms with E-state index in [9.17, 15) is 4.79 Å². The van der Waals surface area contributed by atoms with Crippen molar-refractivity contribution in [3.63, 3.8) is 0 Å². The average molecular weight is 264 g/mol. The van der Waals surface area contributed by atoms with Gasteiger partial charge in [0.15, 0.2) is 0 Å². The van der Waals surface area contributed by atoms with Crippen LogP contribution in [0.3, 0.4) is 0 Å². The van der Waals surface area contributed by atoms with Crippen molar-refractivity contribution in [2.75, 3.05) is 13.2 Å². The van der Waals surface area contributed by atoms with Crippen LogP contribution < -0.4 is 10.6 Å². The van der Waals surface area contributed by atoms with Crippen LogP contribution >= 0.6 is 0 Å². The third kappa shape index (κ3) is 4.91. The number of hydrogen-bond donors (Lipinski definition) is 3. The van der Waals surface area contributed by atoms with Gasteiger partial charge in [0.1, 0.15) is 0 Å². The molecule has 0 aliphatic rings. The third-order valence-electron chi connectivity index (χ3n) is 3.18. The van der Waals surface area contributed by atoms with Gasteiger partial charge >= 0.3 is 6.03 Å². The van der Waals surface area contributed by atoms with E-state index in [0.717, 1.165) is 0 Å². The molecule has 0 heterocycles. The molecule has 0 saturated heterocycles. The van der Waals surface area contributed by atoms with Gasteiger partial charge in [0.25, 0.3) is 0 Å². The van der Waals surface area contributed by atoms with E-state index >= 15 is 0 Å². The van der Waals surface area contributed by atoms with E-state index in [2.05, 4.69) is 55.7 Å². The topological polar surface area (TPSA) is 61.4 Å². The maximum atomic E-state index is 11.6. The van der Waals surface area contributed by atoms with Crippen LogP contribution in [0, 0.1) is 6.92 Å². The molecule has 0 saturated carbocycles. The Morgan fingerprint density at radius 1 is 1.32 bits per heavy atom. The number of benzene rings is 1. The molecule has 0 radical (unpaired) electrons. The maximum absolute atomic E-state index is 11.6. The van der Waals surface area contributed by atoms with E-state index in [4.69, 9.17) is 5.11 Å². The fourth-order valence-electron chi connectivity index (χ4n) is 1.73. The summed E-state index contributed by atoms with van der Waals surface area (Å²) >= 11 is 0. The molecule has 0 aliphatic heterocycles. The van der Waals surface area contributed by atoms with Gasteiger partial charge in [-0.3, -0.25) is 0 Å². The summed E-state index contributed by atoms with van der Waals surface area (Å²) in [5, 5.41) is 14.4. The zero-order valence-corrected chi connectivity index (χ0v) is 12.2. The van der Waals surface area contributed by atoms with Gasteiger partial charge in [-0.25, -0.2) is 4.79 Å². The predicted molar refractivity (Wildman–Crippen MR) is 77.3 cm³/mol. The van der Waals surface area contributed by atoms with Crippen molar-refractivity contribution in [2.45, 2.75) is 39.2 Å². The summed E-state index contributed by atoms with van der Waals surface area (Å²) in [5.74, 6) is 0. The Balaban J connectivity index is 2.55. The smallest absolute Gasteiger partial charge is 0.315 e. The van der Waals surface area contributed by atoms with E-state index in [1.807, 2.05) is 0 Å². The highest BCUT2D eigenvalue weighted by molar-refractivity contribution is 5.74. The van der Waals surface area contributed by atoms with Crippen LogP contribution in [0.15, 0.2) is 24.3 Å². The fraction of sp³-hybridized carbons (Fsp3) is 0.533. The number of aliphatic hydroxyl groups excluding tert-OH is 1. The number of hydrogen-bond acceptors (Lipinski definition) is 2. The number of carbonyl (C=O) groups excluding carboxylic acids is 1. The predicted octanol–water partition coefficient (Wildman–Crippen LogP) is 1.95. The average Bonchev–Trinajstić information content (AvgIpc) is 2.37. The van der Waals surface area contributed by atoms with E-state index in [1.165, 1.54) is 11.1 Å². The Kier molecular flexibility index (Phi) is 5.36. The third-order valence-corrected chi connectivity index (χ3v) is 3.18. The van der Waals surface area contributed by atoms with Crippen molar-refractivity contribution in [1.29, 1.82) is 0 Å². The summed E-state index contributed by atoms with van der Waals surface area (Å²) in [4.78, 5) is 11.6. The largest absolute Gasteiger partial charge is 0.394 e. The molecule has 1 rings (SSSR count). The van der Waals surface area contributed by atoms with Gasteiger partial charge in [-0.15, -0.1) is 0 Å². The van der Waals surface area contributed by atoms with Crippen LogP contribution in [0.2, 0.25) is 0 Å². The summed E-state index contributed by atoms with van der Waals surface area (Å²) < 4.78 is 0. The highest BCUT2D eigenvalue weighted by Gasteiger charge is 2.21. The zero-order chi connectivity index (χ0) is 14.5. The van der Waals surface area contributed by atoms with Gasteiger partial charge in [0.2, 0.25) is 0 Å². The molecule has 0 aromatic heterocycles. The molecule has 2 amide bonds. The first kappa shape index (κ1) is 15.5. The minimum Gasteiger partial charge on any atom is -0.394 e. The zero-order valence-electron chi connectivity index (χ0n) is 12.2. The summed E-state index contributed by atoms with van der Waals surface area (Å²) in [6.07, 6.45) is 0. The number of carbonyl (C=O) groups is 1. The van der Waals surface area contributed by atoms with E-state index in [0.29, 0.717) is 6.54 Å². The minimum absolute atomic E-state index is 0.0607.